The number of hydrogen-bond donors (Lipinski definition) is 1. The first-order valence-electron chi connectivity index (χ1n) is 9.03. The molecule has 0 saturated heterocycles. The summed E-state index contributed by atoms with van der Waals surface area (Å²) in [6.07, 6.45) is -0.407. The van der Waals surface area contributed by atoms with E-state index in [1.54, 1.807) is 0 Å². The largest absolute Gasteiger partial charge is 0.469 e. The Balaban J connectivity index is -0.0000000450. The zero-order valence-corrected chi connectivity index (χ0v) is 23.1. The number of carbonyl (C=O) groups is 2. The zero-order valence-electron chi connectivity index (χ0n) is 18.8. The Morgan fingerprint density at radius 2 is 0.774 bits per heavy atom. The maximum atomic E-state index is 9.85. The molecule has 0 radical (unpaired) electrons. The van der Waals surface area contributed by atoms with Gasteiger partial charge in [-0.05, 0) is 0 Å². The highest BCUT2D eigenvalue weighted by Gasteiger charge is 1.85. The second kappa shape index (κ2) is 56.7. The van der Waals surface area contributed by atoms with Crippen molar-refractivity contribution in [2.45, 2.75) is 49.5 Å². The van der Waals surface area contributed by atoms with Gasteiger partial charge in [0.2, 0.25) is 0 Å². The Morgan fingerprint density at radius 1 is 0.613 bits per heavy atom. The van der Waals surface area contributed by atoms with Gasteiger partial charge in [0, 0.05) is 51.2 Å². The fraction of sp³-hybridized carbons (Fsp3) is 0.417. The standard InChI is InChI=1S/2C6H6.C3H7NO2.C3H6O2.2C2H6.2CH4.I2/c2*1-2-4-6-5-3-1;1-4-3(5)6-2;1-3(4)5-2;2*1-2;;;1-2/h2*1-6H;1-2H3,(H,4,5);1-2H3;2*1-2H3;2*1H4;. The third kappa shape index (κ3) is 73.4. The summed E-state index contributed by atoms with van der Waals surface area (Å²) in [5.74, 6) is -0.245. The van der Waals surface area contributed by atoms with E-state index in [0.29, 0.717) is 0 Å². The second-order valence-electron chi connectivity index (χ2n) is 3.75. The number of methoxy groups -OCH3 is 2. The fourth-order valence-electron chi connectivity index (χ4n) is 0.872. The van der Waals surface area contributed by atoms with Crippen molar-refractivity contribution < 1.29 is 19.1 Å². The molecule has 0 aliphatic carbocycles. The summed E-state index contributed by atoms with van der Waals surface area (Å²) in [6, 6.07) is 24.0. The Bertz CT molecular complexity index is 397. The number of amides is 1. The average Bonchev–Trinajstić information content (AvgIpc) is 2.85. The van der Waals surface area contributed by atoms with Crippen molar-refractivity contribution >= 4 is 49.3 Å². The smallest absolute Gasteiger partial charge is 0.406 e. The Morgan fingerprint density at radius 3 is 0.806 bits per heavy atom. The number of carbonyl (C=O) groups excluding carboxylic acids is 2. The predicted molar refractivity (Wildman–Crippen MR) is 156 cm³/mol. The lowest BCUT2D eigenvalue weighted by atomic mass is 10.4. The normalized spacial score (nSPS) is 6.13. The van der Waals surface area contributed by atoms with Crippen LogP contribution in [0, 0.1) is 0 Å². The van der Waals surface area contributed by atoms with E-state index in [4.69, 9.17) is 0 Å². The van der Waals surface area contributed by atoms with Crippen LogP contribution in [0.2, 0.25) is 0 Å². The van der Waals surface area contributed by atoms with Crippen molar-refractivity contribution in [2.24, 2.45) is 0 Å². The van der Waals surface area contributed by atoms with Gasteiger partial charge in [-0.2, -0.15) is 0 Å². The fourth-order valence-corrected chi connectivity index (χ4v) is 0.872. The summed E-state index contributed by atoms with van der Waals surface area (Å²) in [4.78, 5) is 19.4. The van der Waals surface area contributed by atoms with Crippen molar-refractivity contribution in [3.8, 4) is 0 Å². The lowest BCUT2D eigenvalue weighted by molar-refractivity contribution is -0.137. The van der Waals surface area contributed by atoms with E-state index in [1.165, 1.54) is 28.2 Å². The molecule has 0 atom stereocenters. The van der Waals surface area contributed by atoms with Crippen molar-refractivity contribution in [2.75, 3.05) is 21.3 Å². The minimum atomic E-state index is -0.407. The van der Waals surface area contributed by atoms with Crippen molar-refractivity contribution in [3.05, 3.63) is 72.8 Å². The summed E-state index contributed by atoms with van der Waals surface area (Å²) >= 11 is 4.24. The molecular weight excluding hydrogens is 620 g/mol. The second-order valence-corrected chi connectivity index (χ2v) is 3.75. The molecule has 0 unspecified atom stereocenters. The molecule has 0 heterocycles. The monoisotopic (exact) mass is 665 g/mol. The van der Waals surface area contributed by atoms with Gasteiger partial charge in [0.15, 0.2) is 0 Å². The van der Waals surface area contributed by atoms with Gasteiger partial charge in [-0.25, -0.2) is 4.79 Å². The highest BCUT2D eigenvalue weighted by atomic mass is 128. The number of nitrogens with one attached hydrogen (secondary N) is 1. The van der Waals surface area contributed by atoms with E-state index in [2.05, 4.69) is 52.0 Å². The maximum absolute atomic E-state index is 9.85. The van der Waals surface area contributed by atoms with Gasteiger partial charge in [-0.3, -0.25) is 4.79 Å². The minimum Gasteiger partial charge on any atom is -0.469 e. The van der Waals surface area contributed by atoms with Crippen LogP contribution in [0.1, 0.15) is 49.5 Å². The van der Waals surface area contributed by atoms with E-state index in [0.717, 1.165) is 0 Å². The van der Waals surface area contributed by atoms with Gasteiger partial charge in [0.25, 0.3) is 0 Å². The van der Waals surface area contributed by atoms with Crippen LogP contribution < -0.4 is 5.32 Å². The Hall–Kier alpha value is -1.36. The molecule has 0 aliphatic heterocycles. The number of ether oxygens (including phenoxy) is 2. The van der Waals surface area contributed by atoms with Crippen LogP contribution in [-0.2, 0) is 14.3 Å². The van der Waals surface area contributed by atoms with Crippen molar-refractivity contribution in [3.63, 3.8) is 0 Å². The van der Waals surface area contributed by atoms with Crippen LogP contribution in [0.4, 0.5) is 4.79 Å². The molecular formula is C24H45I2NO4. The summed E-state index contributed by atoms with van der Waals surface area (Å²) in [5, 5.41) is 2.25. The summed E-state index contributed by atoms with van der Waals surface area (Å²) < 4.78 is 8.26. The topological polar surface area (TPSA) is 64.6 Å². The van der Waals surface area contributed by atoms with Crippen LogP contribution in [-0.4, -0.2) is 33.3 Å². The molecule has 1 N–H and O–H groups in total. The van der Waals surface area contributed by atoms with Gasteiger partial charge in [-0.15, -0.1) is 0 Å². The number of halogens is 2. The molecule has 2 rings (SSSR count). The Kier molecular flexibility index (Phi) is 86.8. The molecule has 0 fully saturated rings. The van der Waals surface area contributed by atoms with E-state index in [1.807, 2.05) is 100 Å². The first kappa shape index (κ1) is 47.4. The number of hydrogen-bond acceptors (Lipinski definition) is 4. The molecule has 0 spiro atoms. The molecule has 2 aromatic carbocycles. The summed E-state index contributed by atoms with van der Waals surface area (Å²) in [6.45, 7) is 9.36. The van der Waals surface area contributed by atoms with Gasteiger partial charge >= 0.3 is 12.1 Å². The van der Waals surface area contributed by atoms with Crippen LogP contribution in [0.15, 0.2) is 72.8 Å². The van der Waals surface area contributed by atoms with Gasteiger partial charge in [-0.1, -0.05) is 115 Å². The van der Waals surface area contributed by atoms with Crippen molar-refractivity contribution in [1.82, 2.24) is 5.32 Å². The summed E-state index contributed by atoms with van der Waals surface area (Å²) in [5.41, 5.74) is 0. The number of rotatable bonds is 0. The van der Waals surface area contributed by atoms with Crippen LogP contribution >= 0.6 is 37.2 Å². The van der Waals surface area contributed by atoms with E-state index in [-0.39, 0.29) is 20.8 Å². The molecule has 0 bridgehead atoms. The lowest BCUT2D eigenvalue weighted by Crippen LogP contribution is -2.16. The molecule has 1 amide bonds. The Labute approximate surface area is 216 Å². The molecule has 0 saturated carbocycles. The molecule has 2 aromatic rings. The maximum Gasteiger partial charge on any atom is 0.406 e. The number of esters is 1. The van der Waals surface area contributed by atoms with Gasteiger partial charge in [0.1, 0.15) is 0 Å². The van der Waals surface area contributed by atoms with Gasteiger partial charge in [0.05, 0.1) is 14.2 Å². The molecule has 0 aliphatic rings. The SMILES string of the molecule is C.C.CC.CC.CNC(=O)OC.COC(C)=O.II.c1ccccc1.c1ccccc1. The highest BCUT2D eigenvalue weighted by Crippen LogP contribution is 1.89. The van der Waals surface area contributed by atoms with Crippen molar-refractivity contribution in [1.29, 1.82) is 0 Å². The molecule has 184 valence electrons. The average molecular weight is 665 g/mol. The quantitative estimate of drug-likeness (QED) is 0.226. The van der Waals surface area contributed by atoms with E-state index >= 15 is 0 Å². The third-order valence-electron chi connectivity index (χ3n) is 2.01. The predicted octanol–water partition coefficient (Wildman–Crippen LogP) is 8.62. The number of benzene rings is 2. The molecule has 31 heavy (non-hydrogen) atoms. The van der Waals surface area contributed by atoms with E-state index in [9.17, 15) is 9.59 Å². The van der Waals surface area contributed by atoms with Crippen LogP contribution in [0.3, 0.4) is 0 Å². The molecule has 5 nitrogen and oxygen atoms in total. The van der Waals surface area contributed by atoms with Gasteiger partial charge < -0.3 is 14.8 Å². The minimum absolute atomic E-state index is 0. The van der Waals surface area contributed by atoms with Crippen LogP contribution in [0.5, 0.6) is 0 Å². The molecule has 0 aromatic heterocycles. The first-order chi connectivity index (χ1) is 14.1. The molecule has 7 heteroatoms. The lowest BCUT2D eigenvalue weighted by Gasteiger charge is -1.90. The zero-order chi connectivity index (χ0) is 23.8. The highest BCUT2D eigenvalue weighted by molar-refractivity contribution is 15.0. The number of alkyl carbamates (subject to hydrolysis) is 1. The van der Waals surface area contributed by atoms with E-state index < -0.39 is 6.09 Å². The van der Waals surface area contributed by atoms with Crippen LogP contribution in [0.25, 0.3) is 0 Å². The first-order valence-corrected chi connectivity index (χ1v) is 15.3. The summed E-state index contributed by atoms with van der Waals surface area (Å²) in [7, 11) is 4.17. The third-order valence-corrected chi connectivity index (χ3v) is 2.01.